The van der Waals surface area contributed by atoms with E-state index in [9.17, 15) is 0 Å². The van der Waals surface area contributed by atoms with Crippen LogP contribution in [0.25, 0.3) is 6.08 Å². The van der Waals surface area contributed by atoms with Gasteiger partial charge in [0.25, 0.3) is 0 Å². The molecule has 0 unspecified atom stereocenters. The van der Waals surface area contributed by atoms with E-state index >= 15 is 0 Å². The Hall–Kier alpha value is -0.980. The average molecular weight is 136 g/mol. The van der Waals surface area contributed by atoms with Crippen molar-refractivity contribution >= 4 is 6.08 Å². The van der Waals surface area contributed by atoms with Crippen molar-refractivity contribution in [2.75, 3.05) is 0 Å². The summed E-state index contributed by atoms with van der Waals surface area (Å²) in [6.07, 6.45) is 3.78. The summed E-state index contributed by atoms with van der Waals surface area (Å²) in [4.78, 5) is 0. The first-order valence-electron chi connectivity index (χ1n) is 3.38. The molecule has 0 aliphatic rings. The lowest BCUT2D eigenvalue weighted by Crippen LogP contribution is -1.64. The molecular formula is C9H12O. The van der Waals surface area contributed by atoms with Crippen molar-refractivity contribution in [1.29, 1.82) is 0 Å². The quantitative estimate of drug-likeness (QED) is 0.578. The SMILES string of the molecule is CC(C)=Cc1cc(C)co1. The van der Waals surface area contributed by atoms with Gasteiger partial charge in [0.15, 0.2) is 0 Å². The van der Waals surface area contributed by atoms with Gasteiger partial charge < -0.3 is 4.42 Å². The van der Waals surface area contributed by atoms with Crippen LogP contribution in [0.5, 0.6) is 0 Å². The molecule has 0 aliphatic heterocycles. The van der Waals surface area contributed by atoms with Crippen molar-refractivity contribution in [2.24, 2.45) is 0 Å². The molecule has 1 rings (SSSR count). The zero-order valence-electron chi connectivity index (χ0n) is 6.64. The van der Waals surface area contributed by atoms with E-state index in [1.165, 1.54) is 11.1 Å². The van der Waals surface area contributed by atoms with Gasteiger partial charge in [0.05, 0.1) is 6.26 Å². The van der Waals surface area contributed by atoms with E-state index in [4.69, 9.17) is 4.42 Å². The van der Waals surface area contributed by atoms with Gasteiger partial charge in [0, 0.05) is 0 Å². The highest BCUT2D eigenvalue weighted by atomic mass is 16.3. The van der Waals surface area contributed by atoms with Crippen molar-refractivity contribution in [1.82, 2.24) is 0 Å². The molecule has 0 aromatic carbocycles. The van der Waals surface area contributed by atoms with E-state index in [0.29, 0.717) is 0 Å². The van der Waals surface area contributed by atoms with Gasteiger partial charge in [-0.2, -0.15) is 0 Å². The zero-order chi connectivity index (χ0) is 7.56. The molecule has 1 aromatic rings. The summed E-state index contributed by atoms with van der Waals surface area (Å²) in [7, 11) is 0. The number of rotatable bonds is 1. The van der Waals surface area contributed by atoms with Crippen molar-refractivity contribution in [2.45, 2.75) is 20.8 Å². The van der Waals surface area contributed by atoms with Crippen LogP contribution in [0.15, 0.2) is 22.3 Å². The first-order chi connectivity index (χ1) is 4.68. The summed E-state index contributed by atoms with van der Waals surface area (Å²) in [5, 5.41) is 0. The molecule has 0 fully saturated rings. The van der Waals surface area contributed by atoms with Gasteiger partial charge >= 0.3 is 0 Å². The fourth-order valence-corrected chi connectivity index (χ4v) is 0.814. The first-order valence-corrected chi connectivity index (χ1v) is 3.38. The topological polar surface area (TPSA) is 13.1 Å². The Morgan fingerprint density at radius 1 is 1.50 bits per heavy atom. The van der Waals surface area contributed by atoms with E-state index in [0.717, 1.165) is 5.76 Å². The van der Waals surface area contributed by atoms with Gasteiger partial charge in [0.1, 0.15) is 5.76 Å². The molecule has 0 radical (unpaired) electrons. The number of furan rings is 1. The number of hydrogen-bond acceptors (Lipinski definition) is 1. The minimum Gasteiger partial charge on any atom is -0.465 e. The predicted octanol–water partition coefficient (Wildman–Crippen LogP) is 3.01. The maximum atomic E-state index is 5.20. The molecule has 10 heavy (non-hydrogen) atoms. The largest absolute Gasteiger partial charge is 0.465 e. The minimum absolute atomic E-state index is 0.942. The lowest BCUT2D eigenvalue weighted by Gasteiger charge is -1.84. The van der Waals surface area contributed by atoms with Gasteiger partial charge in [0.2, 0.25) is 0 Å². The zero-order valence-corrected chi connectivity index (χ0v) is 6.64. The lowest BCUT2D eigenvalue weighted by atomic mass is 10.2. The van der Waals surface area contributed by atoms with Crippen molar-refractivity contribution < 1.29 is 4.42 Å². The van der Waals surface area contributed by atoms with E-state index in [1.807, 2.05) is 19.1 Å². The molecule has 0 amide bonds. The van der Waals surface area contributed by atoms with Crippen LogP contribution in [0, 0.1) is 6.92 Å². The highest BCUT2D eigenvalue weighted by molar-refractivity contribution is 5.46. The van der Waals surface area contributed by atoms with Crippen LogP contribution in [0.3, 0.4) is 0 Å². The van der Waals surface area contributed by atoms with Crippen LogP contribution in [0.4, 0.5) is 0 Å². The normalized spacial score (nSPS) is 9.50. The molecule has 0 N–H and O–H groups in total. The van der Waals surface area contributed by atoms with Gasteiger partial charge in [-0.05, 0) is 38.5 Å². The Labute approximate surface area is 61.4 Å². The number of allylic oxidation sites excluding steroid dienone is 1. The molecule has 54 valence electrons. The molecule has 0 saturated carbocycles. The smallest absolute Gasteiger partial charge is 0.126 e. The van der Waals surface area contributed by atoms with Gasteiger partial charge in [-0.1, -0.05) is 5.57 Å². The fraction of sp³-hybridized carbons (Fsp3) is 0.333. The third-order valence-electron chi connectivity index (χ3n) is 1.18. The molecule has 0 atom stereocenters. The summed E-state index contributed by atoms with van der Waals surface area (Å²) < 4.78 is 5.20. The average Bonchev–Trinajstić information content (AvgIpc) is 2.13. The summed E-state index contributed by atoms with van der Waals surface area (Å²) in [6.45, 7) is 6.13. The van der Waals surface area contributed by atoms with Crippen molar-refractivity contribution in [3.8, 4) is 0 Å². The fourth-order valence-electron chi connectivity index (χ4n) is 0.814. The Balaban J connectivity index is 2.86. The molecule has 1 nitrogen and oxygen atoms in total. The molecule has 1 heteroatoms. The van der Waals surface area contributed by atoms with Crippen LogP contribution < -0.4 is 0 Å². The van der Waals surface area contributed by atoms with Crippen molar-refractivity contribution in [3.63, 3.8) is 0 Å². The molecule has 1 aromatic heterocycles. The monoisotopic (exact) mass is 136 g/mol. The Bertz CT molecular complexity index is 239. The number of hydrogen-bond donors (Lipinski definition) is 0. The number of aryl methyl sites for hydroxylation is 1. The van der Waals surface area contributed by atoms with Crippen molar-refractivity contribution in [3.05, 3.63) is 29.2 Å². The molecule has 0 aliphatic carbocycles. The molecule has 0 saturated heterocycles. The standard InChI is InChI=1S/C9H12O/c1-7(2)4-9-5-8(3)6-10-9/h4-6H,1-3H3. The van der Waals surface area contributed by atoms with Gasteiger partial charge in [-0.3, -0.25) is 0 Å². The summed E-state index contributed by atoms with van der Waals surface area (Å²) >= 11 is 0. The molecular weight excluding hydrogens is 124 g/mol. The summed E-state index contributed by atoms with van der Waals surface area (Å²) in [5.41, 5.74) is 2.43. The third-order valence-corrected chi connectivity index (χ3v) is 1.18. The first kappa shape index (κ1) is 7.13. The van der Waals surface area contributed by atoms with Crippen LogP contribution in [0.1, 0.15) is 25.2 Å². The summed E-state index contributed by atoms with van der Waals surface area (Å²) in [5.74, 6) is 0.942. The van der Waals surface area contributed by atoms with Crippen LogP contribution in [-0.2, 0) is 0 Å². The third kappa shape index (κ3) is 1.76. The van der Waals surface area contributed by atoms with Gasteiger partial charge in [-0.15, -0.1) is 0 Å². The highest BCUT2D eigenvalue weighted by Crippen LogP contribution is 2.09. The van der Waals surface area contributed by atoms with E-state index in [2.05, 4.69) is 13.8 Å². The van der Waals surface area contributed by atoms with Crippen LogP contribution >= 0.6 is 0 Å². The second-order valence-corrected chi connectivity index (χ2v) is 2.75. The molecule has 0 spiro atoms. The highest BCUT2D eigenvalue weighted by Gasteiger charge is 1.91. The second kappa shape index (κ2) is 2.74. The maximum absolute atomic E-state index is 5.20. The molecule has 0 bridgehead atoms. The minimum atomic E-state index is 0.942. The van der Waals surface area contributed by atoms with Gasteiger partial charge in [-0.25, -0.2) is 0 Å². The van der Waals surface area contributed by atoms with Crippen LogP contribution in [0.2, 0.25) is 0 Å². The predicted molar refractivity (Wildman–Crippen MR) is 42.8 cm³/mol. The second-order valence-electron chi connectivity index (χ2n) is 2.75. The Morgan fingerprint density at radius 2 is 2.20 bits per heavy atom. The Kier molecular flexibility index (Phi) is 1.95. The maximum Gasteiger partial charge on any atom is 0.126 e. The summed E-state index contributed by atoms with van der Waals surface area (Å²) in [6, 6.07) is 2.02. The van der Waals surface area contributed by atoms with E-state index < -0.39 is 0 Å². The Morgan fingerprint density at radius 3 is 2.60 bits per heavy atom. The van der Waals surface area contributed by atoms with Crippen LogP contribution in [-0.4, -0.2) is 0 Å². The lowest BCUT2D eigenvalue weighted by molar-refractivity contribution is 0.555. The van der Waals surface area contributed by atoms with E-state index in [-0.39, 0.29) is 0 Å². The van der Waals surface area contributed by atoms with E-state index in [1.54, 1.807) is 6.26 Å². The molecule has 1 heterocycles.